The highest BCUT2D eigenvalue weighted by Gasteiger charge is 2.23. The zero-order valence-corrected chi connectivity index (χ0v) is 19.0. The van der Waals surface area contributed by atoms with Gasteiger partial charge in [0.25, 0.3) is 5.56 Å². The summed E-state index contributed by atoms with van der Waals surface area (Å²) in [7, 11) is 0. The van der Waals surface area contributed by atoms with Gasteiger partial charge in [-0.3, -0.25) is 14.2 Å². The molecule has 1 aliphatic rings. The Hall–Kier alpha value is -1.86. The number of nitrogens with zero attached hydrogens (tertiary/aromatic N) is 2. The van der Waals surface area contributed by atoms with E-state index in [1.807, 2.05) is 32.0 Å². The predicted molar refractivity (Wildman–Crippen MR) is 122 cm³/mol. The van der Waals surface area contributed by atoms with E-state index >= 15 is 0 Å². The Bertz CT molecular complexity index is 912. The molecule has 1 fully saturated rings. The third-order valence-corrected chi connectivity index (χ3v) is 6.57. The van der Waals surface area contributed by atoms with Gasteiger partial charge in [-0.1, -0.05) is 43.7 Å². The molecule has 1 saturated carbocycles. The van der Waals surface area contributed by atoms with Gasteiger partial charge in [-0.15, -0.1) is 0 Å². The number of fused-ring (bicyclic) bond motifs is 1. The molecule has 7 heteroatoms. The summed E-state index contributed by atoms with van der Waals surface area (Å²) in [5.41, 5.74) is 0.606. The fourth-order valence-electron chi connectivity index (χ4n) is 3.91. The first-order valence-corrected chi connectivity index (χ1v) is 12.0. The van der Waals surface area contributed by atoms with Gasteiger partial charge in [-0.05, 0) is 51.2 Å². The average molecular weight is 432 g/mol. The van der Waals surface area contributed by atoms with Crippen LogP contribution in [0.5, 0.6) is 0 Å². The normalized spacial score (nSPS) is 19.3. The van der Waals surface area contributed by atoms with Crippen LogP contribution in [-0.4, -0.2) is 40.0 Å². The Kier molecular flexibility index (Phi) is 8.33. The van der Waals surface area contributed by atoms with E-state index in [0.717, 1.165) is 12.8 Å². The predicted octanol–water partition coefficient (Wildman–Crippen LogP) is 4.00. The molecule has 164 valence electrons. The van der Waals surface area contributed by atoms with Crippen molar-refractivity contribution in [2.75, 3.05) is 12.4 Å². The van der Waals surface area contributed by atoms with E-state index in [1.54, 1.807) is 10.6 Å². The van der Waals surface area contributed by atoms with Crippen LogP contribution in [-0.2, 0) is 16.1 Å². The number of benzene rings is 1. The number of para-hydroxylation sites is 1. The van der Waals surface area contributed by atoms with Crippen LogP contribution < -0.4 is 10.9 Å². The third kappa shape index (κ3) is 6.08. The quantitative estimate of drug-likeness (QED) is 0.369. The van der Waals surface area contributed by atoms with E-state index in [9.17, 15) is 9.59 Å². The van der Waals surface area contributed by atoms with Crippen LogP contribution in [0.4, 0.5) is 0 Å². The molecule has 1 amide bonds. The second-order valence-electron chi connectivity index (χ2n) is 8.37. The maximum absolute atomic E-state index is 13.1. The van der Waals surface area contributed by atoms with Crippen molar-refractivity contribution in [1.82, 2.24) is 14.9 Å². The van der Waals surface area contributed by atoms with Crippen LogP contribution in [0, 0.1) is 5.92 Å². The van der Waals surface area contributed by atoms with Crippen LogP contribution >= 0.6 is 11.8 Å². The Balaban J connectivity index is 1.71. The van der Waals surface area contributed by atoms with Gasteiger partial charge >= 0.3 is 0 Å². The van der Waals surface area contributed by atoms with Gasteiger partial charge in [-0.25, -0.2) is 4.98 Å². The Morgan fingerprint density at radius 1 is 1.30 bits per heavy atom. The maximum Gasteiger partial charge on any atom is 0.262 e. The molecule has 0 spiro atoms. The summed E-state index contributed by atoms with van der Waals surface area (Å²) in [4.78, 5) is 30.3. The lowest BCUT2D eigenvalue weighted by atomic mass is 9.86. The molecule has 2 atom stereocenters. The zero-order chi connectivity index (χ0) is 21.5. The standard InChI is InChI=1S/C23H33N3O3S/c1-16(2)29-14-8-13-26-22(28)18-10-5-7-12-20(18)25-23(26)30-15-21(27)24-19-11-6-4-9-17(19)3/h5,7,10,12,16-17,19H,4,6,8-9,11,13-15H2,1-3H3,(H,24,27)/t17-,19+/m1/s1. The Labute approximate surface area is 182 Å². The van der Waals surface area contributed by atoms with Gasteiger partial charge in [0.1, 0.15) is 0 Å². The van der Waals surface area contributed by atoms with E-state index in [4.69, 9.17) is 4.74 Å². The fraction of sp³-hybridized carbons (Fsp3) is 0.609. The molecule has 1 aromatic carbocycles. The molecule has 0 aliphatic heterocycles. The van der Waals surface area contributed by atoms with Crippen LogP contribution in [0.25, 0.3) is 10.9 Å². The molecule has 30 heavy (non-hydrogen) atoms. The van der Waals surface area contributed by atoms with E-state index in [0.29, 0.717) is 35.1 Å². The number of carbonyl (C=O) groups excluding carboxylic acids is 1. The second kappa shape index (κ2) is 11.0. The number of thioether (sulfide) groups is 1. The van der Waals surface area contributed by atoms with E-state index in [2.05, 4.69) is 17.2 Å². The molecule has 1 N–H and O–H groups in total. The third-order valence-electron chi connectivity index (χ3n) is 5.59. The van der Waals surface area contributed by atoms with Gasteiger partial charge in [0.2, 0.25) is 5.91 Å². The number of aromatic nitrogens is 2. The number of rotatable bonds is 9. The van der Waals surface area contributed by atoms with Gasteiger partial charge in [0.05, 0.1) is 22.8 Å². The van der Waals surface area contributed by atoms with Crippen LogP contribution in [0.15, 0.2) is 34.2 Å². The highest BCUT2D eigenvalue weighted by Crippen LogP contribution is 2.24. The van der Waals surface area contributed by atoms with Crippen LogP contribution in [0.2, 0.25) is 0 Å². The number of hydrogen-bond donors (Lipinski definition) is 1. The lowest BCUT2D eigenvalue weighted by molar-refractivity contribution is -0.119. The minimum Gasteiger partial charge on any atom is -0.379 e. The van der Waals surface area contributed by atoms with Crippen molar-refractivity contribution in [3.05, 3.63) is 34.6 Å². The van der Waals surface area contributed by atoms with E-state index in [-0.39, 0.29) is 29.4 Å². The lowest BCUT2D eigenvalue weighted by Crippen LogP contribution is -2.42. The summed E-state index contributed by atoms with van der Waals surface area (Å²) < 4.78 is 7.30. The average Bonchev–Trinajstić information content (AvgIpc) is 2.72. The molecule has 1 aromatic heterocycles. The van der Waals surface area contributed by atoms with Crippen LogP contribution in [0.1, 0.15) is 52.9 Å². The van der Waals surface area contributed by atoms with Gasteiger partial charge in [0, 0.05) is 19.2 Å². The summed E-state index contributed by atoms with van der Waals surface area (Å²) in [5, 5.41) is 4.38. The number of amides is 1. The molecule has 0 saturated heterocycles. The van der Waals surface area contributed by atoms with Gasteiger partial charge in [0.15, 0.2) is 5.16 Å². The molecule has 3 rings (SSSR count). The fourth-order valence-corrected chi connectivity index (χ4v) is 4.74. The SMILES string of the molecule is CC(C)OCCCn1c(SCC(=O)N[C@H]2CCCC[C@H]2C)nc2ccccc2c1=O. The lowest BCUT2D eigenvalue weighted by Gasteiger charge is -2.29. The van der Waals surface area contributed by atoms with Gasteiger partial charge < -0.3 is 10.1 Å². The van der Waals surface area contributed by atoms with Crippen molar-refractivity contribution in [2.24, 2.45) is 5.92 Å². The first-order valence-electron chi connectivity index (χ1n) is 11.0. The van der Waals surface area contributed by atoms with Crippen molar-refractivity contribution >= 4 is 28.6 Å². The second-order valence-corrected chi connectivity index (χ2v) is 9.31. The smallest absolute Gasteiger partial charge is 0.262 e. The summed E-state index contributed by atoms with van der Waals surface area (Å²) in [6.07, 6.45) is 5.52. The molecule has 2 aromatic rings. The number of carbonyl (C=O) groups is 1. The number of hydrogen-bond acceptors (Lipinski definition) is 5. The molecule has 6 nitrogen and oxygen atoms in total. The summed E-state index contributed by atoms with van der Waals surface area (Å²) in [5.74, 6) is 0.790. The molecular weight excluding hydrogens is 398 g/mol. The first-order chi connectivity index (χ1) is 14.5. The van der Waals surface area contributed by atoms with E-state index < -0.39 is 0 Å². The molecule has 1 aliphatic carbocycles. The van der Waals surface area contributed by atoms with Crippen molar-refractivity contribution < 1.29 is 9.53 Å². The largest absolute Gasteiger partial charge is 0.379 e. The topological polar surface area (TPSA) is 73.2 Å². The number of nitrogens with one attached hydrogen (secondary N) is 1. The molecule has 0 unspecified atom stereocenters. The van der Waals surface area contributed by atoms with Crippen molar-refractivity contribution in [1.29, 1.82) is 0 Å². The molecule has 0 bridgehead atoms. The highest BCUT2D eigenvalue weighted by atomic mass is 32.2. The van der Waals surface area contributed by atoms with Crippen molar-refractivity contribution in [2.45, 2.75) is 76.7 Å². The van der Waals surface area contributed by atoms with Crippen molar-refractivity contribution in [3.8, 4) is 0 Å². The highest BCUT2D eigenvalue weighted by molar-refractivity contribution is 7.99. The zero-order valence-electron chi connectivity index (χ0n) is 18.2. The monoisotopic (exact) mass is 431 g/mol. The summed E-state index contributed by atoms with van der Waals surface area (Å²) in [6.45, 7) is 7.31. The summed E-state index contributed by atoms with van der Waals surface area (Å²) in [6, 6.07) is 7.63. The Morgan fingerprint density at radius 3 is 2.83 bits per heavy atom. The Morgan fingerprint density at radius 2 is 2.07 bits per heavy atom. The van der Waals surface area contributed by atoms with E-state index in [1.165, 1.54) is 31.0 Å². The molecular formula is C23H33N3O3S. The maximum atomic E-state index is 13.1. The first kappa shape index (κ1) is 22.8. The number of ether oxygens (including phenoxy) is 1. The van der Waals surface area contributed by atoms with Crippen molar-refractivity contribution in [3.63, 3.8) is 0 Å². The molecule has 0 radical (unpaired) electrons. The summed E-state index contributed by atoms with van der Waals surface area (Å²) >= 11 is 1.34. The minimum absolute atomic E-state index is 0.0100. The van der Waals surface area contributed by atoms with Gasteiger partial charge in [-0.2, -0.15) is 0 Å². The van der Waals surface area contributed by atoms with Crippen LogP contribution in [0.3, 0.4) is 0 Å². The molecule has 1 heterocycles. The minimum atomic E-state index is -0.0612.